The summed E-state index contributed by atoms with van der Waals surface area (Å²) in [6.07, 6.45) is 3.80. The number of hydrogen-bond donors (Lipinski definition) is 2. The minimum Gasteiger partial charge on any atom is -0.489 e. The zero-order chi connectivity index (χ0) is 16.2. The number of rotatable bonds is 6. The van der Waals surface area contributed by atoms with Gasteiger partial charge in [-0.15, -0.1) is 0 Å². The number of nitrogens with two attached hydrogens (primary N) is 1. The van der Waals surface area contributed by atoms with Gasteiger partial charge in [0.1, 0.15) is 12.3 Å². The summed E-state index contributed by atoms with van der Waals surface area (Å²) in [6, 6.07) is 13.0. The van der Waals surface area contributed by atoms with E-state index in [9.17, 15) is 9.90 Å². The van der Waals surface area contributed by atoms with E-state index in [1.54, 1.807) is 24.5 Å². The largest absolute Gasteiger partial charge is 0.489 e. The predicted octanol–water partition coefficient (Wildman–Crippen LogP) is 1.98. The Morgan fingerprint density at radius 1 is 1.26 bits per heavy atom. The number of carboxylic acid groups (broad SMARTS) is 1. The highest BCUT2D eigenvalue weighted by atomic mass is 16.5. The highest BCUT2D eigenvalue weighted by Gasteiger charge is 2.17. The minimum absolute atomic E-state index is 0.0481. The average molecular weight is 311 g/mol. The Morgan fingerprint density at radius 2 is 2.04 bits per heavy atom. The predicted molar refractivity (Wildman–Crippen MR) is 85.8 cm³/mol. The number of benzene rings is 1. The number of imidazole rings is 1. The fourth-order valence-corrected chi connectivity index (χ4v) is 2.47. The van der Waals surface area contributed by atoms with E-state index < -0.39 is 5.97 Å². The fraction of sp³-hybridized carbons (Fsp3) is 0.176. The highest BCUT2D eigenvalue weighted by Crippen LogP contribution is 2.20. The molecule has 0 aliphatic rings. The molecule has 0 saturated heterocycles. The van der Waals surface area contributed by atoms with Gasteiger partial charge >= 0.3 is 5.97 Å². The number of aromatic nitrogens is 2. The molecular weight excluding hydrogens is 294 g/mol. The average Bonchev–Trinajstić information content (AvgIpc) is 3.01. The first-order valence-electron chi connectivity index (χ1n) is 7.27. The standard InChI is InChI=1S/C17H17N3O3/c18-13(10-12-4-2-1-3-5-12)11-23-14-6-7-15-19-8-9-20(15)16(14)17(21)22/h1-9,13H,10-11,18H2,(H,21,22)/t13-/m1/s1. The third-order valence-corrected chi connectivity index (χ3v) is 3.52. The normalized spacial score (nSPS) is 12.2. The Hall–Kier alpha value is -2.86. The van der Waals surface area contributed by atoms with Gasteiger partial charge < -0.3 is 15.6 Å². The molecule has 1 aromatic carbocycles. The van der Waals surface area contributed by atoms with Gasteiger partial charge in [-0.3, -0.25) is 4.40 Å². The van der Waals surface area contributed by atoms with Gasteiger partial charge in [-0.05, 0) is 24.1 Å². The second kappa shape index (κ2) is 6.50. The number of ether oxygens (including phenoxy) is 1. The first-order chi connectivity index (χ1) is 11.1. The van der Waals surface area contributed by atoms with Crippen molar-refractivity contribution in [3.05, 3.63) is 66.1 Å². The van der Waals surface area contributed by atoms with Crippen molar-refractivity contribution < 1.29 is 14.6 Å². The molecule has 2 aromatic heterocycles. The van der Waals surface area contributed by atoms with Crippen LogP contribution in [0.3, 0.4) is 0 Å². The maximum atomic E-state index is 11.5. The topological polar surface area (TPSA) is 89.9 Å². The van der Waals surface area contributed by atoms with Crippen molar-refractivity contribution in [1.82, 2.24) is 9.38 Å². The molecule has 3 aromatic rings. The first-order valence-corrected chi connectivity index (χ1v) is 7.27. The molecule has 3 rings (SSSR count). The van der Waals surface area contributed by atoms with Gasteiger partial charge in [0, 0.05) is 18.4 Å². The van der Waals surface area contributed by atoms with Crippen LogP contribution in [-0.4, -0.2) is 33.1 Å². The second-order valence-electron chi connectivity index (χ2n) is 5.27. The fourth-order valence-electron chi connectivity index (χ4n) is 2.47. The van der Waals surface area contributed by atoms with Gasteiger partial charge in [0.15, 0.2) is 11.4 Å². The lowest BCUT2D eigenvalue weighted by atomic mass is 10.1. The second-order valence-corrected chi connectivity index (χ2v) is 5.27. The van der Waals surface area contributed by atoms with Crippen LogP contribution in [0.4, 0.5) is 0 Å². The van der Waals surface area contributed by atoms with E-state index in [-0.39, 0.29) is 24.1 Å². The van der Waals surface area contributed by atoms with Gasteiger partial charge in [-0.2, -0.15) is 0 Å². The molecule has 0 aliphatic heterocycles. The van der Waals surface area contributed by atoms with E-state index in [1.165, 1.54) is 4.40 Å². The Balaban J connectivity index is 1.74. The number of aromatic carboxylic acids is 1. The van der Waals surface area contributed by atoms with Crippen LogP contribution in [-0.2, 0) is 6.42 Å². The van der Waals surface area contributed by atoms with E-state index >= 15 is 0 Å². The van der Waals surface area contributed by atoms with Gasteiger partial charge in [0.25, 0.3) is 0 Å². The molecular formula is C17H17N3O3. The molecule has 118 valence electrons. The van der Waals surface area contributed by atoms with Crippen molar-refractivity contribution in [2.45, 2.75) is 12.5 Å². The van der Waals surface area contributed by atoms with E-state index in [0.717, 1.165) is 5.56 Å². The van der Waals surface area contributed by atoms with E-state index in [1.807, 2.05) is 30.3 Å². The summed E-state index contributed by atoms with van der Waals surface area (Å²) in [5.41, 5.74) is 7.81. The molecule has 6 heteroatoms. The molecule has 6 nitrogen and oxygen atoms in total. The quantitative estimate of drug-likeness (QED) is 0.726. The van der Waals surface area contributed by atoms with Crippen LogP contribution in [0.5, 0.6) is 5.75 Å². The van der Waals surface area contributed by atoms with Gasteiger partial charge in [0.05, 0.1) is 0 Å². The zero-order valence-corrected chi connectivity index (χ0v) is 12.4. The van der Waals surface area contributed by atoms with E-state index in [4.69, 9.17) is 10.5 Å². The maximum absolute atomic E-state index is 11.5. The molecule has 3 N–H and O–H groups in total. The zero-order valence-electron chi connectivity index (χ0n) is 12.4. The maximum Gasteiger partial charge on any atom is 0.356 e. The monoisotopic (exact) mass is 311 g/mol. The molecule has 0 unspecified atom stereocenters. The molecule has 0 fully saturated rings. The number of hydrogen-bond acceptors (Lipinski definition) is 4. The minimum atomic E-state index is -1.07. The summed E-state index contributed by atoms with van der Waals surface area (Å²) >= 11 is 0. The summed E-state index contributed by atoms with van der Waals surface area (Å²) in [6.45, 7) is 0.232. The van der Waals surface area contributed by atoms with Crippen molar-refractivity contribution in [2.75, 3.05) is 6.61 Å². The van der Waals surface area contributed by atoms with Gasteiger partial charge in [-0.1, -0.05) is 30.3 Å². The lowest BCUT2D eigenvalue weighted by Gasteiger charge is -2.15. The third kappa shape index (κ3) is 3.32. The van der Waals surface area contributed by atoms with E-state index in [0.29, 0.717) is 12.1 Å². The molecule has 2 heterocycles. The van der Waals surface area contributed by atoms with Crippen LogP contribution in [0, 0.1) is 0 Å². The molecule has 0 spiro atoms. The number of nitrogens with zero attached hydrogens (tertiary/aromatic N) is 2. The van der Waals surface area contributed by atoms with Crippen LogP contribution in [0.2, 0.25) is 0 Å². The molecule has 0 aliphatic carbocycles. The summed E-state index contributed by atoms with van der Waals surface area (Å²) < 4.78 is 7.14. The van der Waals surface area contributed by atoms with Crippen LogP contribution >= 0.6 is 0 Å². The highest BCUT2D eigenvalue weighted by molar-refractivity contribution is 5.89. The molecule has 0 saturated carbocycles. The van der Waals surface area contributed by atoms with Crippen LogP contribution < -0.4 is 10.5 Å². The number of fused-ring (bicyclic) bond motifs is 1. The Morgan fingerprint density at radius 3 is 2.78 bits per heavy atom. The summed E-state index contributed by atoms with van der Waals surface area (Å²) in [7, 11) is 0. The molecule has 1 atom stereocenters. The SMILES string of the molecule is N[C@@H](COc1ccc2nccn2c1C(=O)O)Cc1ccccc1. The van der Waals surface area contributed by atoms with Gasteiger partial charge in [-0.25, -0.2) is 9.78 Å². The lowest BCUT2D eigenvalue weighted by molar-refractivity contribution is 0.0683. The van der Waals surface area contributed by atoms with Crippen LogP contribution in [0.1, 0.15) is 16.1 Å². The summed E-state index contributed by atoms with van der Waals surface area (Å²) in [5, 5.41) is 9.42. The van der Waals surface area contributed by atoms with Crippen molar-refractivity contribution in [1.29, 1.82) is 0 Å². The Labute approximate surface area is 133 Å². The first kappa shape index (κ1) is 15.1. The van der Waals surface area contributed by atoms with Crippen molar-refractivity contribution in [3.63, 3.8) is 0 Å². The lowest BCUT2D eigenvalue weighted by Crippen LogP contribution is -2.30. The van der Waals surface area contributed by atoms with Crippen LogP contribution in [0.25, 0.3) is 5.65 Å². The number of pyridine rings is 1. The van der Waals surface area contributed by atoms with Crippen molar-refractivity contribution in [2.24, 2.45) is 5.73 Å². The Kier molecular flexibility index (Phi) is 4.25. The Bertz CT molecular complexity index is 814. The smallest absolute Gasteiger partial charge is 0.356 e. The molecule has 0 radical (unpaired) electrons. The van der Waals surface area contributed by atoms with Crippen molar-refractivity contribution >= 4 is 11.6 Å². The van der Waals surface area contributed by atoms with Crippen LogP contribution in [0.15, 0.2) is 54.9 Å². The van der Waals surface area contributed by atoms with Crippen molar-refractivity contribution in [3.8, 4) is 5.75 Å². The van der Waals surface area contributed by atoms with Gasteiger partial charge in [0.2, 0.25) is 0 Å². The number of carboxylic acids is 1. The molecule has 0 amide bonds. The summed E-state index contributed by atoms with van der Waals surface area (Å²) in [5.74, 6) is -0.785. The number of carbonyl (C=O) groups is 1. The third-order valence-electron chi connectivity index (χ3n) is 3.52. The molecule has 23 heavy (non-hydrogen) atoms. The van der Waals surface area contributed by atoms with E-state index in [2.05, 4.69) is 4.98 Å². The summed E-state index contributed by atoms with van der Waals surface area (Å²) in [4.78, 5) is 15.6. The molecule has 0 bridgehead atoms.